The molecular weight excluding hydrogens is 240 g/mol. The summed E-state index contributed by atoms with van der Waals surface area (Å²) in [5, 5.41) is 15.9. The predicted octanol–water partition coefficient (Wildman–Crippen LogP) is 1.68. The Kier molecular flexibility index (Phi) is 4.47. The number of fused-ring (bicyclic) bond motifs is 1. The fourth-order valence-electron chi connectivity index (χ4n) is 2.18. The monoisotopic (exact) mass is 260 g/mol. The molecule has 0 aliphatic rings. The van der Waals surface area contributed by atoms with Crippen molar-refractivity contribution in [2.75, 3.05) is 26.8 Å². The zero-order chi connectivity index (χ0) is 13.7. The fourth-order valence-corrected chi connectivity index (χ4v) is 2.18. The van der Waals surface area contributed by atoms with Crippen molar-refractivity contribution in [1.82, 2.24) is 10.3 Å². The Labute approximate surface area is 113 Å². The van der Waals surface area contributed by atoms with Crippen LogP contribution in [0.15, 0.2) is 36.7 Å². The Hall–Kier alpha value is -1.49. The highest BCUT2D eigenvalue weighted by atomic mass is 16.5. The van der Waals surface area contributed by atoms with Crippen LogP contribution in [0.2, 0.25) is 0 Å². The lowest BCUT2D eigenvalue weighted by molar-refractivity contribution is 0.0564. The molecule has 2 N–H and O–H groups in total. The third kappa shape index (κ3) is 3.29. The summed E-state index contributed by atoms with van der Waals surface area (Å²) in [4.78, 5) is 4.15. The minimum absolute atomic E-state index is 0.477. The van der Waals surface area contributed by atoms with Gasteiger partial charge in [0.1, 0.15) is 0 Å². The topological polar surface area (TPSA) is 54.4 Å². The summed E-state index contributed by atoms with van der Waals surface area (Å²) in [6.45, 7) is 3.64. The molecule has 102 valence electrons. The summed E-state index contributed by atoms with van der Waals surface area (Å²) in [6.07, 6.45) is 3.56. The molecule has 1 atom stereocenters. The molecule has 0 aliphatic carbocycles. The van der Waals surface area contributed by atoms with E-state index in [1.165, 1.54) is 0 Å². The van der Waals surface area contributed by atoms with Gasteiger partial charge in [-0.05, 0) is 23.9 Å². The number of nitrogens with one attached hydrogen (secondary N) is 1. The molecule has 2 aromatic rings. The van der Waals surface area contributed by atoms with Crippen molar-refractivity contribution in [3.05, 3.63) is 42.2 Å². The molecule has 4 nitrogen and oxygen atoms in total. The second-order valence-corrected chi connectivity index (χ2v) is 4.85. The van der Waals surface area contributed by atoms with Gasteiger partial charge in [0, 0.05) is 38.0 Å². The minimum atomic E-state index is -0.934. The van der Waals surface area contributed by atoms with Crippen LogP contribution in [0.4, 0.5) is 0 Å². The fraction of sp³-hybridized carbons (Fsp3) is 0.400. The summed E-state index contributed by atoms with van der Waals surface area (Å²) in [5.41, 5.74) is -0.0426. The Bertz CT molecular complexity index is 535. The molecule has 0 aliphatic heterocycles. The number of pyridine rings is 1. The highest BCUT2D eigenvalue weighted by Crippen LogP contribution is 2.27. The molecule has 19 heavy (non-hydrogen) atoms. The van der Waals surface area contributed by atoms with Crippen LogP contribution in [0.1, 0.15) is 12.5 Å². The average molecular weight is 260 g/mol. The lowest BCUT2D eigenvalue weighted by atomic mass is 9.91. The molecule has 0 saturated heterocycles. The smallest absolute Gasteiger partial charge is 0.0998 e. The number of benzene rings is 1. The second-order valence-electron chi connectivity index (χ2n) is 4.85. The Morgan fingerprint density at radius 1 is 1.37 bits per heavy atom. The number of methoxy groups -OCH3 is 1. The lowest BCUT2D eigenvalue weighted by Crippen LogP contribution is -2.37. The number of ether oxygens (including phenoxy) is 1. The standard InChI is InChI=1S/C15H20N2O2/c1-15(18,11-17-8-9-19-2)14-5-3-4-12-6-7-16-10-13(12)14/h3-7,10,17-18H,8-9,11H2,1-2H3. The van der Waals surface area contributed by atoms with Gasteiger partial charge in [0.25, 0.3) is 0 Å². The minimum Gasteiger partial charge on any atom is -0.384 e. The van der Waals surface area contributed by atoms with Crippen LogP contribution in [0, 0.1) is 0 Å². The van der Waals surface area contributed by atoms with E-state index in [2.05, 4.69) is 10.3 Å². The first-order valence-electron chi connectivity index (χ1n) is 6.40. The van der Waals surface area contributed by atoms with Crippen molar-refractivity contribution < 1.29 is 9.84 Å². The quantitative estimate of drug-likeness (QED) is 0.776. The van der Waals surface area contributed by atoms with Crippen LogP contribution in [0.3, 0.4) is 0 Å². The molecule has 1 aromatic carbocycles. The van der Waals surface area contributed by atoms with Crippen molar-refractivity contribution in [3.63, 3.8) is 0 Å². The number of rotatable bonds is 6. The summed E-state index contributed by atoms with van der Waals surface area (Å²) < 4.78 is 4.98. The molecule has 4 heteroatoms. The van der Waals surface area contributed by atoms with E-state index in [0.717, 1.165) is 22.9 Å². The molecule has 0 fully saturated rings. The second kappa shape index (κ2) is 6.10. The summed E-state index contributed by atoms with van der Waals surface area (Å²) in [7, 11) is 1.66. The number of hydrogen-bond acceptors (Lipinski definition) is 4. The average Bonchev–Trinajstić information content (AvgIpc) is 2.43. The first-order valence-corrected chi connectivity index (χ1v) is 6.40. The molecule has 2 rings (SSSR count). The zero-order valence-corrected chi connectivity index (χ0v) is 11.4. The summed E-state index contributed by atoms with van der Waals surface area (Å²) >= 11 is 0. The number of aliphatic hydroxyl groups is 1. The first-order chi connectivity index (χ1) is 9.15. The number of aromatic nitrogens is 1. The van der Waals surface area contributed by atoms with E-state index in [0.29, 0.717) is 13.2 Å². The van der Waals surface area contributed by atoms with Crippen LogP contribution in [0.25, 0.3) is 10.8 Å². The molecule has 0 saturated carbocycles. The number of nitrogens with zero attached hydrogens (tertiary/aromatic N) is 1. The van der Waals surface area contributed by atoms with E-state index in [9.17, 15) is 5.11 Å². The van der Waals surface area contributed by atoms with Crippen LogP contribution < -0.4 is 5.32 Å². The molecule has 1 aromatic heterocycles. The van der Waals surface area contributed by atoms with Crippen LogP contribution in [0.5, 0.6) is 0 Å². The Morgan fingerprint density at radius 3 is 3.00 bits per heavy atom. The normalized spacial score (nSPS) is 14.5. The van der Waals surface area contributed by atoms with Gasteiger partial charge in [-0.25, -0.2) is 0 Å². The van der Waals surface area contributed by atoms with Crippen LogP contribution in [-0.2, 0) is 10.3 Å². The van der Waals surface area contributed by atoms with Crippen molar-refractivity contribution >= 4 is 10.8 Å². The van der Waals surface area contributed by atoms with Gasteiger partial charge in [0.05, 0.1) is 12.2 Å². The van der Waals surface area contributed by atoms with E-state index in [1.54, 1.807) is 19.5 Å². The number of hydrogen-bond donors (Lipinski definition) is 2. The zero-order valence-electron chi connectivity index (χ0n) is 11.4. The SMILES string of the molecule is COCCNCC(C)(O)c1cccc2ccncc12. The Balaban J connectivity index is 2.22. The summed E-state index contributed by atoms with van der Waals surface area (Å²) in [5.74, 6) is 0. The highest BCUT2D eigenvalue weighted by Gasteiger charge is 2.24. The molecule has 1 heterocycles. The van der Waals surface area contributed by atoms with Gasteiger partial charge in [0.2, 0.25) is 0 Å². The molecule has 1 unspecified atom stereocenters. The van der Waals surface area contributed by atoms with Gasteiger partial charge in [-0.3, -0.25) is 4.98 Å². The van der Waals surface area contributed by atoms with E-state index >= 15 is 0 Å². The van der Waals surface area contributed by atoms with E-state index in [-0.39, 0.29) is 0 Å². The molecule has 0 spiro atoms. The van der Waals surface area contributed by atoms with Crippen molar-refractivity contribution in [1.29, 1.82) is 0 Å². The van der Waals surface area contributed by atoms with E-state index < -0.39 is 5.60 Å². The van der Waals surface area contributed by atoms with Gasteiger partial charge >= 0.3 is 0 Å². The first kappa shape index (κ1) is 13.9. The van der Waals surface area contributed by atoms with Crippen LogP contribution >= 0.6 is 0 Å². The predicted molar refractivity (Wildman–Crippen MR) is 76.1 cm³/mol. The third-order valence-electron chi connectivity index (χ3n) is 3.22. The van der Waals surface area contributed by atoms with Crippen molar-refractivity contribution in [2.24, 2.45) is 0 Å². The largest absolute Gasteiger partial charge is 0.384 e. The maximum atomic E-state index is 10.7. The van der Waals surface area contributed by atoms with Crippen molar-refractivity contribution in [2.45, 2.75) is 12.5 Å². The van der Waals surface area contributed by atoms with Crippen molar-refractivity contribution in [3.8, 4) is 0 Å². The molecular formula is C15H20N2O2. The molecule has 0 amide bonds. The highest BCUT2D eigenvalue weighted by molar-refractivity contribution is 5.85. The van der Waals surface area contributed by atoms with Gasteiger partial charge in [-0.2, -0.15) is 0 Å². The van der Waals surface area contributed by atoms with Crippen LogP contribution in [-0.4, -0.2) is 36.9 Å². The summed E-state index contributed by atoms with van der Waals surface area (Å²) in [6, 6.07) is 7.88. The van der Waals surface area contributed by atoms with Gasteiger partial charge in [0.15, 0.2) is 0 Å². The molecule has 0 bridgehead atoms. The maximum Gasteiger partial charge on any atom is 0.0998 e. The van der Waals surface area contributed by atoms with Gasteiger partial charge in [-0.15, -0.1) is 0 Å². The van der Waals surface area contributed by atoms with E-state index in [4.69, 9.17) is 4.74 Å². The maximum absolute atomic E-state index is 10.7. The van der Waals surface area contributed by atoms with E-state index in [1.807, 2.05) is 31.2 Å². The molecule has 0 radical (unpaired) electrons. The third-order valence-corrected chi connectivity index (χ3v) is 3.22. The Morgan fingerprint density at radius 2 is 2.21 bits per heavy atom. The van der Waals surface area contributed by atoms with Gasteiger partial charge in [-0.1, -0.05) is 18.2 Å². The van der Waals surface area contributed by atoms with Gasteiger partial charge < -0.3 is 15.2 Å². The lowest BCUT2D eigenvalue weighted by Gasteiger charge is -2.25.